The van der Waals surface area contributed by atoms with Crippen LogP contribution in [-0.2, 0) is 9.47 Å². The Labute approximate surface area is 88.4 Å². The third-order valence-corrected chi connectivity index (χ3v) is 1.22. The number of hydrazine groups is 1. The first-order valence-electron chi connectivity index (χ1n) is 4.08. The van der Waals surface area contributed by atoms with Crippen molar-refractivity contribution >= 4 is 18.3 Å². The molecule has 7 heteroatoms. The summed E-state index contributed by atoms with van der Waals surface area (Å²) in [5.41, 5.74) is 2.29. The Morgan fingerprint density at radius 2 is 2.07 bits per heavy atom. The van der Waals surface area contributed by atoms with Crippen molar-refractivity contribution in [2.75, 3.05) is 14.2 Å². The number of hydrogen-bond donors (Lipinski definition) is 2. The topological polar surface area (TPSA) is 93.6 Å². The number of rotatable bonds is 3. The molecule has 0 saturated carbocycles. The van der Waals surface area contributed by atoms with Gasteiger partial charge in [-0.1, -0.05) is 0 Å². The van der Waals surface area contributed by atoms with Gasteiger partial charge in [-0.05, 0) is 0 Å². The molecule has 0 aromatic carbocycles. The normalized spacial score (nSPS) is 13.6. The maximum Gasteiger partial charge on any atom is 0.320 e. The minimum atomic E-state index is 0.159. The van der Waals surface area contributed by atoms with Gasteiger partial charge in [0, 0.05) is 19.3 Å². The van der Waals surface area contributed by atoms with Gasteiger partial charge in [-0.2, -0.15) is 9.98 Å². The number of amidine groups is 1. The van der Waals surface area contributed by atoms with Gasteiger partial charge in [0.25, 0.3) is 0 Å². The van der Waals surface area contributed by atoms with Crippen molar-refractivity contribution in [2.24, 2.45) is 20.8 Å². The zero-order valence-electron chi connectivity index (χ0n) is 8.97. The maximum absolute atomic E-state index is 4.97. The molecule has 0 bridgehead atoms. The van der Waals surface area contributed by atoms with Crippen LogP contribution in [0.2, 0.25) is 0 Å². The second-order valence-corrected chi connectivity index (χ2v) is 2.20. The monoisotopic (exact) mass is 213 g/mol. The highest BCUT2D eigenvalue weighted by Crippen LogP contribution is 1.86. The molecule has 0 radical (unpaired) electrons. The van der Waals surface area contributed by atoms with E-state index in [1.807, 2.05) is 0 Å². The van der Waals surface area contributed by atoms with Crippen molar-refractivity contribution in [3.8, 4) is 0 Å². The predicted octanol–water partition coefficient (Wildman–Crippen LogP) is 0.0164. The van der Waals surface area contributed by atoms with Crippen LogP contribution >= 0.6 is 0 Å². The van der Waals surface area contributed by atoms with Crippen LogP contribution in [0.3, 0.4) is 0 Å². The Bertz CT molecular complexity index is 283. The van der Waals surface area contributed by atoms with Gasteiger partial charge in [0.15, 0.2) is 5.90 Å². The lowest BCUT2D eigenvalue weighted by molar-refractivity contribution is 0.382. The average Bonchev–Trinajstić information content (AvgIpc) is 2.26. The van der Waals surface area contributed by atoms with E-state index in [-0.39, 0.29) is 6.02 Å². The lowest BCUT2D eigenvalue weighted by atomic mass is 10.7. The molecule has 0 spiro atoms. The molecule has 3 N–H and O–H groups in total. The van der Waals surface area contributed by atoms with Crippen molar-refractivity contribution < 1.29 is 9.47 Å². The third kappa shape index (κ3) is 7.20. The van der Waals surface area contributed by atoms with Crippen LogP contribution in [-0.4, -0.2) is 32.5 Å². The molecule has 0 amide bonds. The Hall–Kier alpha value is -1.89. The molecular weight excluding hydrogens is 198 g/mol. The molecule has 0 atom stereocenters. The zero-order chi connectivity index (χ0) is 11.5. The number of hydrogen-bond acceptors (Lipinski definition) is 5. The van der Waals surface area contributed by atoms with E-state index >= 15 is 0 Å². The molecule has 0 aliphatic heterocycles. The van der Waals surface area contributed by atoms with Crippen molar-refractivity contribution in [3.63, 3.8) is 0 Å². The number of methoxy groups -OCH3 is 2. The van der Waals surface area contributed by atoms with Crippen molar-refractivity contribution in [1.29, 1.82) is 0 Å². The van der Waals surface area contributed by atoms with E-state index in [1.165, 1.54) is 33.0 Å². The van der Waals surface area contributed by atoms with E-state index in [4.69, 9.17) is 15.3 Å². The molecule has 0 heterocycles. The molecule has 0 aliphatic rings. The van der Waals surface area contributed by atoms with Gasteiger partial charge < -0.3 is 14.9 Å². The highest BCUT2D eigenvalue weighted by molar-refractivity contribution is 5.92. The van der Waals surface area contributed by atoms with Gasteiger partial charge in [0.2, 0.25) is 0 Å². The van der Waals surface area contributed by atoms with E-state index in [9.17, 15) is 0 Å². The molecule has 7 nitrogen and oxygen atoms in total. The van der Waals surface area contributed by atoms with Crippen LogP contribution in [0.1, 0.15) is 6.92 Å². The van der Waals surface area contributed by atoms with E-state index in [2.05, 4.69) is 20.4 Å². The summed E-state index contributed by atoms with van der Waals surface area (Å²) in [5.74, 6) is 5.42. The van der Waals surface area contributed by atoms with Gasteiger partial charge in [0.1, 0.15) is 6.34 Å². The zero-order valence-corrected chi connectivity index (χ0v) is 8.97. The number of nitrogens with one attached hydrogen (secondary N) is 1. The molecule has 0 saturated heterocycles. The quantitative estimate of drug-likeness (QED) is 0.299. The summed E-state index contributed by atoms with van der Waals surface area (Å²) >= 11 is 0. The minimum Gasteiger partial charge on any atom is -0.484 e. The second-order valence-electron chi connectivity index (χ2n) is 2.20. The molecule has 0 aliphatic carbocycles. The van der Waals surface area contributed by atoms with Crippen molar-refractivity contribution in [2.45, 2.75) is 6.92 Å². The first-order chi connectivity index (χ1) is 7.24. The largest absolute Gasteiger partial charge is 0.484 e. The number of nitrogens with zero attached hydrogens (tertiary/aromatic N) is 3. The summed E-state index contributed by atoms with van der Waals surface area (Å²) in [6, 6.07) is 0.159. The van der Waals surface area contributed by atoms with Gasteiger partial charge in [0.05, 0.1) is 14.2 Å². The van der Waals surface area contributed by atoms with E-state index in [1.54, 1.807) is 6.92 Å². The number of ether oxygens (including phenoxy) is 2. The van der Waals surface area contributed by atoms with Crippen LogP contribution < -0.4 is 11.3 Å². The highest BCUT2D eigenvalue weighted by atomic mass is 16.5. The summed E-state index contributed by atoms with van der Waals surface area (Å²) in [6.07, 6.45) is 4.16. The van der Waals surface area contributed by atoms with Gasteiger partial charge in [-0.25, -0.2) is 4.99 Å². The van der Waals surface area contributed by atoms with Gasteiger partial charge in [-0.3, -0.25) is 5.84 Å². The Balaban J connectivity index is 4.34. The fourth-order valence-corrected chi connectivity index (χ4v) is 0.515. The summed E-state index contributed by atoms with van der Waals surface area (Å²) < 4.78 is 9.69. The van der Waals surface area contributed by atoms with Crippen LogP contribution in [0.5, 0.6) is 0 Å². The Morgan fingerprint density at radius 3 is 2.60 bits per heavy atom. The molecular formula is C8H15N5O2. The van der Waals surface area contributed by atoms with Crippen LogP contribution in [0.15, 0.2) is 27.4 Å². The standard InChI is InChI=1S/C8H15N5O2/c1-7(14-2)13-8(15-3)11-6-10-4-5-12-9/h4-6,12H,9H2,1-3H3/b5-4-,10-6-,11-8+,13-7+. The molecule has 15 heavy (non-hydrogen) atoms. The number of nitrogens with two attached hydrogens (primary N) is 1. The molecule has 0 rings (SSSR count). The molecule has 0 fully saturated rings. The molecule has 84 valence electrons. The van der Waals surface area contributed by atoms with Crippen LogP contribution in [0.4, 0.5) is 0 Å². The highest BCUT2D eigenvalue weighted by Gasteiger charge is 1.94. The fraction of sp³-hybridized carbons (Fsp3) is 0.375. The first kappa shape index (κ1) is 13.1. The molecule has 0 unspecified atom stereocenters. The van der Waals surface area contributed by atoms with Crippen LogP contribution in [0.25, 0.3) is 0 Å². The Morgan fingerprint density at radius 1 is 1.33 bits per heavy atom. The van der Waals surface area contributed by atoms with Crippen LogP contribution in [0, 0.1) is 0 Å². The van der Waals surface area contributed by atoms with Gasteiger partial charge >= 0.3 is 6.02 Å². The second kappa shape index (κ2) is 8.70. The number of aliphatic imine (C=N–C) groups is 3. The summed E-state index contributed by atoms with van der Waals surface area (Å²) in [6.45, 7) is 1.68. The minimum absolute atomic E-state index is 0.159. The smallest absolute Gasteiger partial charge is 0.320 e. The maximum atomic E-state index is 4.97. The van der Waals surface area contributed by atoms with Crippen molar-refractivity contribution in [3.05, 3.63) is 12.4 Å². The Kier molecular flexibility index (Phi) is 7.60. The average molecular weight is 213 g/mol. The lowest BCUT2D eigenvalue weighted by Gasteiger charge is -1.98. The first-order valence-corrected chi connectivity index (χ1v) is 4.08. The SMILES string of the molecule is CO/C(C)=N/C(=N\C=N/C=C\NN)OC. The molecule has 0 aromatic rings. The summed E-state index contributed by atoms with van der Waals surface area (Å²) in [7, 11) is 2.96. The summed E-state index contributed by atoms with van der Waals surface area (Å²) in [4.78, 5) is 11.5. The van der Waals surface area contributed by atoms with E-state index < -0.39 is 0 Å². The summed E-state index contributed by atoms with van der Waals surface area (Å²) in [5, 5.41) is 0. The predicted molar refractivity (Wildman–Crippen MR) is 59.5 cm³/mol. The third-order valence-electron chi connectivity index (χ3n) is 1.22. The molecule has 0 aromatic heterocycles. The van der Waals surface area contributed by atoms with Crippen molar-refractivity contribution in [1.82, 2.24) is 5.43 Å². The van der Waals surface area contributed by atoms with Gasteiger partial charge in [-0.15, -0.1) is 0 Å². The van der Waals surface area contributed by atoms with E-state index in [0.29, 0.717) is 5.90 Å². The lowest BCUT2D eigenvalue weighted by Crippen LogP contribution is -2.12. The fourth-order valence-electron chi connectivity index (χ4n) is 0.515. The van der Waals surface area contributed by atoms with E-state index in [0.717, 1.165) is 0 Å².